The Labute approximate surface area is 132 Å². The van der Waals surface area contributed by atoms with Crippen molar-refractivity contribution in [2.45, 2.75) is 0 Å². The van der Waals surface area contributed by atoms with Gasteiger partial charge in [-0.05, 0) is 24.3 Å². The van der Waals surface area contributed by atoms with Crippen LogP contribution in [0.1, 0.15) is 0 Å². The lowest BCUT2D eigenvalue weighted by atomic mass is 10.0. The first-order valence-corrected chi connectivity index (χ1v) is 6.91. The molecule has 0 saturated heterocycles. The fraction of sp³-hybridized carbons (Fsp3) is 0.118. The van der Waals surface area contributed by atoms with E-state index < -0.39 is 4.92 Å². The van der Waals surface area contributed by atoms with E-state index in [1.165, 1.54) is 13.2 Å². The molecule has 0 radical (unpaired) electrons. The van der Waals surface area contributed by atoms with Gasteiger partial charge >= 0.3 is 0 Å². The van der Waals surface area contributed by atoms with Crippen molar-refractivity contribution in [1.82, 2.24) is 4.98 Å². The molecule has 3 aromatic rings. The molecule has 1 heterocycles. The van der Waals surface area contributed by atoms with Crippen molar-refractivity contribution in [2.24, 2.45) is 0 Å². The van der Waals surface area contributed by atoms with Crippen molar-refractivity contribution in [1.29, 1.82) is 0 Å². The average Bonchev–Trinajstić information content (AvgIpc) is 2.59. The molecule has 2 aromatic carbocycles. The summed E-state index contributed by atoms with van der Waals surface area (Å²) in [7, 11) is 3.06. The molecule has 0 aliphatic carbocycles. The van der Waals surface area contributed by atoms with Crippen LogP contribution >= 0.6 is 0 Å². The second-order valence-electron chi connectivity index (χ2n) is 4.85. The van der Waals surface area contributed by atoms with Crippen molar-refractivity contribution < 1.29 is 14.4 Å². The van der Waals surface area contributed by atoms with Crippen molar-refractivity contribution in [3.63, 3.8) is 0 Å². The fourth-order valence-electron chi connectivity index (χ4n) is 2.54. The SMILES string of the molecule is COc1ccccc1-c1cc2c([N+](=O)[O-])cccc2c(OC)n1. The van der Waals surface area contributed by atoms with Gasteiger partial charge in [-0.2, -0.15) is 0 Å². The summed E-state index contributed by atoms with van der Waals surface area (Å²) in [5.41, 5.74) is 1.31. The lowest BCUT2D eigenvalue weighted by Gasteiger charge is -2.11. The quantitative estimate of drug-likeness (QED) is 0.541. The first-order valence-electron chi connectivity index (χ1n) is 6.91. The van der Waals surface area contributed by atoms with Crippen LogP contribution in [0.15, 0.2) is 48.5 Å². The number of nitro groups is 1. The molecular weight excluding hydrogens is 296 g/mol. The minimum absolute atomic E-state index is 0.0133. The predicted molar refractivity (Wildman–Crippen MR) is 86.9 cm³/mol. The Balaban J connectivity index is 2.35. The summed E-state index contributed by atoms with van der Waals surface area (Å²) in [5.74, 6) is 0.979. The minimum atomic E-state index is -0.409. The number of aromatic nitrogens is 1. The second kappa shape index (κ2) is 5.92. The van der Waals surface area contributed by atoms with Crippen LogP contribution in [-0.2, 0) is 0 Å². The lowest BCUT2D eigenvalue weighted by Crippen LogP contribution is -1.96. The van der Waals surface area contributed by atoms with Gasteiger partial charge in [0.15, 0.2) is 0 Å². The molecule has 0 atom stereocenters. The number of ether oxygens (including phenoxy) is 2. The van der Waals surface area contributed by atoms with Crippen molar-refractivity contribution in [2.75, 3.05) is 14.2 Å². The molecule has 0 unspecified atom stereocenters. The van der Waals surface area contributed by atoms with Crippen LogP contribution in [0.4, 0.5) is 5.69 Å². The van der Waals surface area contributed by atoms with Crippen LogP contribution in [0.3, 0.4) is 0 Å². The van der Waals surface area contributed by atoms with Gasteiger partial charge in [0.25, 0.3) is 5.69 Å². The maximum Gasteiger partial charge on any atom is 0.277 e. The first kappa shape index (κ1) is 14.8. The molecule has 3 rings (SSSR count). The van der Waals surface area contributed by atoms with Gasteiger partial charge in [0.1, 0.15) is 5.75 Å². The third-order valence-electron chi connectivity index (χ3n) is 3.59. The van der Waals surface area contributed by atoms with E-state index in [4.69, 9.17) is 9.47 Å². The number of rotatable bonds is 4. The van der Waals surface area contributed by atoms with Gasteiger partial charge in [0.05, 0.1) is 35.6 Å². The van der Waals surface area contributed by atoms with Gasteiger partial charge in [-0.15, -0.1) is 0 Å². The molecule has 0 bridgehead atoms. The Bertz CT molecular complexity index is 893. The molecule has 1 aromatic heterocycles. The summed E-state index contributed by atoms with van der Waals surface area (Å²) in [4.78, 5) is 15.4. The van der Waals surface area contributed by atoms with Crippen LogP contribution < -0.4 is 9.47 Å². The Morgan fingerprint density at radius 1 is 1.00 bits per heavy atom. The number of nitro benzene ring substituents is 1. The monoisotopic (exact) mass is 310 g/mol. The molecule has 6 nitrogen and oxygen atoms in total. The normalized spacial score (nSPS) is 10.5. The molecule has 23 heavy (non-hydrogen) atoms. The Kier molecular flexibility index (Phi) is 3.80. The molecule has 6 heteroatoms. The maximum absolute atomic E-state index is 11.3. The largest absolute Gasteiger partial charge is 0.496 e. The molecule has 0 saturated carbocycles. The van der Waals surface area contributed by atoms with Crippen LogP contribution in [-0.4, -0.2) is 24.1 Å². The smallest absolute Gasteiger partial charge is 0.277 e. The van der Waals surface area contributed by atoms with Gasteiger partial charge in [0.2, 0.25) is 5.88 Å². The Morgan fingerprint density at radius 2 is 1.78 bits per heavy atom. The highest BCUT2D eigenvalue weighted by atomic mass is 16.6. The highest BCUT2D eigenvalue weighted by molar-refractivity contribution is 5.96. The minimum Gasteiger partial charge on any atom is -0.496 e. The molecule has 116 valence electrons. The molecule has 0 N–H and O–H groups in total. The number of para-hydroxylation sites is 1. The van der Waals surface area contributed by atoms with Crippen molar-refractivity contribution in [3.05, 3.63) is 58.6 Å². The van der Waals surface area contributed by atoms with Crippen LogP contribution in [0, 0.1) is 10.1 Å². The zero-order valence-electron chi connectivity index (χ0n) is 12.6. The highest BCUT2D eigenvalue weighted by Gasteiger charge is 2.18. The van der Waals surface area contributed by atoms with Gasteiger partial charge in [0, 0.05) is 11.6 Å². The highest BCUT2D eigenvalue weighted by Crippen LogP contribution is 2.36. The predicted octanol–water partition coefficient (Wildman–Crippen LogP) is 3.83. The van der Waals surface area contributed by atoms with E-state index in [2.05, 4.69) is 4.98 Å². The third-order valence-corrected chi connectivity index (χ3v) is 3.59. The number of non-ortho nitro benzene ring substituents is 1. The zero-order chi connectivity index (χ0) is 16.4. The van der Waals surface area contributed by atoms with Crippen LogP contribution in [0.2, 0.25) is 0 Å². The van der Waals surface area contributed by atoms with Gasteiger partial charge < -0.3 is 9.47 Å². The van der Waals surface area contributed by atoms with E-state index in [1.54, 1.807) is 25.3 Å². The first-order chi connectivity index (χ1) is 11.2. The second-order valence-corrected chi connectivity index (χ2v) is 4.85. The summed E-state index contributed by atoms with van der Waals surface area (Å²) >= 11 is 0. The summed E-state index contributed by atoms with van der Waals surface area (Å²) in [6.07, 6.45) is 0. The Hall–Kier alpha value is -3.15. The number of benzene rings is 2. The van der Waals surface area contributed by atoms with Gasteiger partial charge in [-0.3, -0.25) is 10.1 Å². The fourth-order valence-corrected chi connectivity index (χ4v) is 2.54. The maximum atomic E-state index is 11.3. The average molecular weight is 310 g/mol. The van der Waals surface area contributed by atoms with E-state index in [0.717, 1.165) is 5.56 Å². The topological polar surface area (TPSA) is 74.5 Å². The van der Waals surface area contributed by atoms with E-state index in [-0.39, 0.29) is 5.69 Å². The number of hydrogen-bond acceptors (Lipinski definition) is 5. The standard InChI is InChI=1S/C17H14N2O4/c1-22-16-9-4-3-6-12(16)14-10-13-11(17(18-14)23-2)7-5-8-15(13)19(20)21/h3-10H,1-2H3. The third kappa shape index (κ3) is 2.55. The van der Waals surface area contributed by atoms with E-state index >= 15 is 0 Å². The number of nitrogens with zero attached hydrogens (tertiary/aromatic N) is 2. The van der Waals surface area contributed by atoms with Crippen LogP contribution in [0.5, 0.6) is 11.6 Å². The summed E-state index contributed by atoms with van der Waals surface area (Å²) in [6, 6.07) is 13.9. The molecule has 0 amide bonds. The van der Waals surface area contributed by atoms with Gasteiger partial charge in [-0.1, -0.05) is 18.2 Å². The number of hydrogen-bond donors (Lipinski definition) is 0. The zero-order valence-corrected chi connectivity index (χ0v) is 12.6. The molecular formula is C17H14N2O4. The van der Waals surface area contributed by atoms with Gasteiger partial charge in [-0.25, -0.2) is 4.98 Å². The van der Waals surface area contributed by atoms with E-state index in [0.29, 0.717) is 28.1 Å². The van der Waals surface area contributed by atoms with Crippen molar-refractivity contribution in [3.8, 4) is 22.9 Å². The molecule has 0 fully saturated rings. The molecule has 0 aliphatic rings. The molecule has 0 spiro atoms. The lowest BCUT2D eigenvalue weighted by molar-refractivity contribution is -0.383. The van der Waals surface area contributed by atoms with Crippen LogP contribution in [0.25, 0.3) is 22.0 Å². The summed E-state index contributed by atoms with van der Waals surface area (Å²) in [5, 5.41) is 12.4. The number of fused-ring (bicyclic) bond motifs is 1. The number of pyridine rings is 1. The van der Waals surface area contributed by atoms with E-state index in [9.17, 15) is 10.1 Å². The molecule has 0 aliphatic heterocycles. The van der Waals surface area contributed by atoms with Crippen molar-refractivity contribution >= 4 is 16.5 Å². The summed E-state index contributed by atoms with van der Waals surface area (Å²) < 4.78 is 10.7. The van der Waals surface area contributed by atoms with E-state index in [1.807, 2.05) is 24.3 Å². The summed E-state index contributed by atoms with van der Waals surface area (Å²) in [6.45, 7) is 0. The Morgan fingerprint density at radius 3 is 2.48 bits per heavy atom. The number of methoxy groups -OCH3 is 2.